The standard InChI is InChI=1S/C21H20BrN3O2/c1-13-3-5-14(6-4-13)18-17-19(24-12-2-11-23(18)24)21(27)25(20(17)26)16-9-7-15(22)8-10-16/h3-10,17-19H,2,11-12H2,1H3/t17-,18-,19-/m1/s1. The van der Waals surface area contributed by atoms with E-state index >= 15 is 0 Å². The molecule has 138 valence electrons. The van der Waals surface area contributed by atoms with Gasteiger partial charge in [-0.25, -0.2) is 14.9 Å². The third-order valence-electron chi connectivity index (χ3n) is 5.91. The largest absolute Gasteiger partial charge is 0.274 e. The lowest BCUT2D eigenvalue weighted by atomic mass is 9.89. The molecule has 2 aromatic carbocycles. The third kappa shape index (κ3) is 2.51. The SMILES string of the molecule is Cc1ccc([C@@H]2[C@H]3C(=O)N(c4ccc(Br)cc4)C(=O)[C@@H]3N3CCCN23)cc1. The summed E-state index contributed by atoms with van der Waals surface area (Å²) in [6.07, 6.45) is 1.02. The molecule has 0 unspecified atom stereocenters. The summed E-state index contributed by atoms with van der Waals surface area (Å²) < 4.78 is 0.925. The molecule has 5 rings (SSSR count). The van der Waals surface area contributed by atoms with Crippen LogP contribution >= 0.6 is 15.9 Å². The van der Waals surface area contributed by atoms with Crippen LogP contribution < -0.4 is 4.90 Å². The number of rotatable bonds is 2. The first-order chi connectivity index (χ1) is 13.1. The highest BCUT2D eigenvalue weighted by molar-refractivity contribution is 9.10. The lowest BCUT2D eigenvalue weighted by molar-refractivity contribution is -0.126. The van der Waals surface area contributed by atoms with Crippen LogP contribution in [0.5, 0.6) is 0 Å². The number of hydrogen-bond donors (Lipinski definition) is 0. The van der Waals surface area contributed by atoms with Gasteiger partial charge in [-0.05, 0) is 43.2 Å². The van der Waals surface area contributed by atoms with Gasteiger partial charge in [0.05, 0.1) is 17.6 Å². The Bertz CT molecular complexity index is 912. The van der Waals surface area contributed by atoms with Gasteiger partial charge < -0.3 is 0 Å². The molecule has 3 aliphatic heterocycles. The van der Waals surface area contributed by atoms with Gasteiger partial charge in [0.25, 0.3) is 5.91 Å². The number of anilines is 1. The molecule has 3 atom stereocenters. The first kappa shape index (κ1) is 17.1. The minimum atomic E-state index is -0.394. The average Bonchev–Trinajstić information content (AvgIpc) is 3.30. The van der Waals surface area contributed by atoms with Crippen molar-refractivity contribution in [1.82, 2.24) is 10.0 Å². The Kier molecular flexibility index (Phi) is 3.96. The number of carbonyl (C=O) groups is 2. The van der Waals surface area contributed by atoms with Crippen molar-refractivity contribution in [3.05, 3.63) is 64.1 Å². The van der Waals surface area contributed by atoms with E-state index in [2.05, 4.69) is 57.1 Å². The monoisotopic (exact) mass is 425 g/mol. The van der Waals surface area contributed by atoms with Gasteiger partial charge in [0.2, 0.25) is 5.91 Å². The maximum absolute atomic E-state index is 13.4. The van der Waals surface area contributed by atoms with Gasteiger partial charge in [-0.1, -0.05) is 45.8 Å². The maximum atomic E-state index is 13.4. The minimum Gasteiger partial charge on any atom is -0.274 e. The van der Waals surface area contributed by atoms with E-state index in [1.165, 1.54) is 10.5 Å². The molecule has 3 fully saturated rings. The molecule has 3 heterocycles. The number of fused-ring (bicyclic) bond motifs is 3. The Balaban J connectivity index is 1.57. The summed E-state index contributed by atoms with van der Waals surface area (Å²) in [4.78, 5) is 28.1. The highest BCUT2D eigenvalue weighted by Crippen LogP contribution is 2.48. The van der Waals surface area contributed by atoms with Crippen LogP contribution in [0.25, 0.3) is 0 Å². The zero-order chi connectivity index (χ0) is 18.7. The Hall–Kier alpha value is -2.02. The summed E-state index contributed by atoms with van der Waals surface area (Å²) in [7, 11) is 0. The first-order valence-corrected chi connectivity index (χ1v) is 10.1. The van der Waals surface area contributed by atoms with Crippen LogP contribution in [0, 0.1) is 12.8 Å². The number of amides is 2. The molecule has 0 radical (unpaired) electrons. The molecular formula is C21H20BrN3O2. The van der Waals surface area contributed by atoms with Gasteiger partial charge in [0.1, 0.15) is 6.04 Å². The van der Waals surface area contributed by atoms with E-state index in [4.69, 9.17) is 0 Å². The van der Waals surface area contributed by atoms with Crippen LogP contribution in [-0.2, 0) is 9.59 Å². The van der Waals surface area contributed by atoms with Gasteiger partial charge in [-0.3, -0.25) is 9.59 Å². The number of imide groups is 1. The second-order valence-electron chi connectivity index (χ2n) is 7.49. The molecule has 0 saturated carbocycles. The van der Waals surface area contributed by atoms with E-state index in [0.717, 1.165) is 29.5 Å². The third-order valence-corrected chi connectivity index (χ3v) is 6.44. The normalized spacial score (nSPS) is 28.1. The summed E-state index contributed by atoms with van der Waals surface area (Å²) in [6.45, 7) is 3.78. The summed E-state index contributed by atoms with van der Waals surface area (Å²) in [6, 6.07) is 15.3. The predicted octanol–water partition coefficient (Wildman–Crippen LogP) is 3.29. The predicted molar refractivity (Wildman–Crippen MR) is 106 cm³/mol. The van der Waals surface area contributed by atoms with E-state index in [0.29, 0.717) is 5.69 Å². The lowest BCUT2D eigenvalue weighted by Crippen LogP contribution is -2.44. The number of carbonyl (C=O) groups excluding carboxylic acids is 2. The van der Waals surface area contributed by atoms with Gasteiger partial charge in [0, 0.05) is 17.6 Å². The van der Waals surface area contributed by atoms with Gasteiger partial charge >= 0.3 is 0 Å². The molecule has 2 aromatic rings. The van der Waals surface area contributed by atoms with Crippen molar-refractivity contribution in [2.75, 3.05) is 18.0 Å². The van der Waals surface area contributed by atoms with Crippen molar-refractivity contribution in [3.8, 4) is 0 Å². The lowest BCUT2D eigenvalue weighted by Gasteiger charge is -2.29. The molecule has 0 aliphatic carbocycles. The van der Waals surface area contributed by atoms with Crippen molar-refractivity contribution < 1.29 is 9.59 Å². The molecular weight excluding hydrogens is 406 g/mol. The van der Waals surface area contributed by atoms with E-state index < -0.39 is 6.04 Å². The minimum absolute atomic E-state index is 0.0741. The Labute approximate surface area is 166 Å². The quantitative estimate of drug-likeness (QED) is 0.692. The second-order valence-corrected chi connectivity index (χ2v) is 8.41. The topological polar surface area (TPSA) is 43.9 Å². The van der Waals surface area contributed by atoms with Gasteiger partial charge in [0.15, 0.2) is 0 Å². The highest BCUT2D eigenvalue weighted by atomic mass is 79.9. The van der Waals surface area contributed by atoms with E-state index in [9.17, 15) is 9.59 Å². The smallest absolute Gasteiger partial charge is 0.253 e. The summed E-state index contributed by atoms with van der Waals surface area (Å²) >= 11 is 3.41. The van der Waals surface area contributed by atoms with Gasteiger partial charge in [-0.15, -0.1) is 0 Å². The maximum Gasteiger partial charge on any atom is 0.253 e. The zero-order valence-electron chi connectivity index (χ0n) is 15.0. The molecule has 3 aliphatic rings. The van der Waals surface area contributed by atoms with E-state index in [-0.39, 0.29) is 23.8 Å². The molecule has 0 N–H and O–H groups in total. The number of aryl methyl sites for hydroxylation is 1. The van der Waals surface area contributed by atoms with Crippen molar-refractivity contribution in [3.63, 3.8) is 0 Å². The van der Waals surface area contributed by atoms with Crippen LogP contribution in [-0.4, -0.2) is 41.0 Å². The number of nitrogens with zero attached hydrogens (tertiary/aromatic N) is 3. The molecule has 27 heavy (non-hydrogen) atoms. The summed E-state index contributed by atoms with van der Waals surface area (Å²) in [5.74, 6) is -0.551. The molecule has 0 bridgehead atoms. The fraction of sp³-hybridized carbons (Fsp3) is 0.333. The molecule has 6 heteroatoms. The molecule has 0 spiro atoms. The summed E-state index contributed by atoms with van der Waals surface area (Å²) in [5.41, 5.74) is 2.95. The van der Waals surface area contributed by atoms with Gasteiger partial charge in [-0.2, -0.15) is 0 Å². The molecule has 2 amide bonds. The molecule has 0 aromatic heterocycles. The molecule has 5 nitrogen and oxygen atoms in total. The van der Waals surface area contributed by atoms with Crippen LogP contribution in [0.1, 0.15) is 23.6 Å². The summed E-state index contributed by atoms with van der Waals surface area (Å²) in [5, 5.41) is 4.38. The average molecular weight is 426 g/mol. The Morgan fingerprint density at radius 3 is 2.15 bits per heavy atom. The van der Waals surface area contributed by atoms with Crippen LogP contribution in [0.15, 0.2) is 53.0 Å². The molecule has 3 saturated heterocycles. The van der Waals surface area contributed by atoms with Crippen molar-refractivity contribution in [2.45, 2.75) is 25.4 Å². The van der Waals surface area contributed by atoms with E-state index in [1.54, 1.807) is 0 Å². The van der Waals surface area contributed by atoms with Crippen molar-refractivity contribution in [1.29, 1.82) is 0 Å². The number of halogens is 1. The first-order valence-electron chi connectivity index (χ1n) is 9.29. The fourth-order valence-corrected chi connectivity index (χ4v) is 4.99. The van der Waals surface area contributed by atoms with Crippen molar-refractivity contribution in [2.24, 2.45) is 5.92 Å². The van der Waals surface area contributed by atoms with E-state index in [1.807, 2.05) is 24.3 Å². The number of hydrazine groups is 1. The second kappa shape index (κ2) is 6.26. The number of benzene rings is 2. The van der Waals surface area contributed by atoms with Crippen molar-refractivity contribution >= 4 is 33.4 Å². The van der Waals surface area contributed by atoms with Crippen LogP contribution in [0.3, 0.4) is 0 Å². The Morgan fingerprint density at radius 1 is 0.852 bits per heavy atom. The Morgan fingerprint density at radius 2 is 1.48 bits per heavy atom. The van der Waals surface area contributed by atoms with Crippen LogP contribution in [0.4, 0.5) is 5.69 Å². The fourth-order valence-electron chi connectivity index (χ4n) is 4.72. The zero-order valence-corrected chi connectivity index (χ0v) is 16.6. The highest BCUT2D eigenvalue weighted by Gasteiger charge is 2.62. The van der Waals surface area contributed by atoms with Crippen LogP contribution in [0.2, 0.25) is 0 Å². The number of hydrogen-bond acceptors (Lipinski definition) is 4.